The molecule has 0 unspecified atom stereocenters. The first kappa shape index (κ1) is 20.8. The van der Waals surface area contributed by atoms with Gasteiger partial charge in [-0.3, -0.25) is 4.79 Å². The molecule has 2 aromatic carbocycles. The minimum atomic E-state index is -3.84. The molecule has 0 spiro atoms. The van der Waals surface area contributed by atoms with Gasteiger partial charge in [0.25, 0.3) is 5.91 Å². The van der Waals surface area contributed by atoms with Crippen LogP contribution in [0.3, 0.4) is 0 Å². The van der Waals surface area contributed by atoms with E-state index in [9.17, 15) is 13.2 Å². The van der Waals surface area contributed by atoms with E-state index in [1.165, 1.54) is 67.4 Å². The molecule has 3 aromatic rings. The Morgan fingerprint density at radius 1 is 1.10 bits per heavy atom. The second-order valence-corrected chi connectivity index (χ2v) is 8.35. The highest BCUT2D eigenvalue weighted by Gasteiger charge is 2.20. The number of hydrogen-bond acceptors (Lipinski definition) is 6. The summed E-state index contributed by atoms with van der Waals surface area (Å²) < 4.78 is 37.5. The second-order valence-electron chi connectivity index (χ2n) is 5.97. The van der Waals surface area contributed by atoms with Crippen molar-refractivity contribution in [1.29, 1.82) is 0 Å². The zero-order valence-electron chi connectivity index (χ0n) is 15.6. The monoisotopic (exact) mass is 435 g/mol. The highest BCUT2D eigenvalue weighted by molar-refractivity contribution is 7.91. The lowest BCUT2D eigenvalue weighted by molar-refractivity contribution is 0.101. The van der Waals surface area contributed by atoms with Crippen LogP contribution in [0.2, 0.25) is 5.02 Å². The van der Waals surface area contributed by atoms with Crippen molar-refractivity contribution in [3.05, 3.63) is 65.4 Å². The number of sulfone groups is 1. The average Bonchev–Trinajstić information content (AvgIpc) is 3.17. The van der Waals surface area contributed by atoms with E-state index in [0.717, 1.165) is 0 Å². The molecule has 1 heterocycles. The lowest BCUT2D eigenvalue weighted by Gasteiger charge is -2.11. The Morgan fingerprint density at radius 2 is 1.83 bits per heavy atom. The summed E-state index contributed by atoms with van der Waals surface area (Å²) >= 11 is 5.84. The molecule has 0 saturated carbocycles. The van der Waals surface area contributed by atoms with Gasteiger partial charge in [0.2, 0.25) is 9.84 Å². The van der Waals surface area contributed by atoms with Gasteiger partial charge in [0.1, 0.15) is 12.5 Å². The lowest BCUT2D eigenvalue weighted by atomic mass is 10.3. The first-order valence-electron chi connectivity index (χ1n) is 8.37. The Morgan fingerprint density at radius 3 is 2.48 bits per heavy atom. The van der Waals surface area contributed by atoms with E-state index in [-0.39, 0.29) is 33.7 Å². The van der Waals surface area contributed by atoms with Crippen molar-refractivity contribution in [3.8, 4) is 5.75 Å². The molecule has 152 valence electrons. The van der Waals surface area contributed by atoms with Gasteiger partial charge in [-0.15, -0.1) is 0 Å². The van der Waals surface area contributed by atoms with Gasteiger partial charge < -0.3 is 14.8 Å². The van der Waals surface area contributed by atoms with Crippen molar-refractivity contribution < 1.29 is 22.7 Å². The molecule has 0 fully saturated rings. The van der Waals surface area contributed by atoms with Gasteiger partial charge in [0.15, 0.2) is 5.69 Å². The Bertz CT molecular complexity index is 1130. The normalized spacial score (nSPS) is 11.3. The predicted molar refractivity (Wildman–Crippen MR) is 107 cm³/mol. The Hall–Kier alpha value is -2.88. The van der Waals surface area contributed by atoms with Gasteiger partial charge in [-0.2, -0.15) is 5.10 Å². The van der Waals surface area contributed by atoms with Gasteiger partial charge in [0, 0.05) is 30.1 Å². The number of nitrogens with zero attached hydrogens (tertiary/aromatic N) is 2. The number of methoxy groups -OCH3 is 2. The summed E-state index contributed by atoms with van der Waals surface area (Å²) in [6.45, 7) is 0.204. The fourth-order valence-electron chi connectivity index (χ4n) is 2.55. The number of rotatable bonds is 7. The number of anilines is 1. The molecule has 0 bridgehead atoms. The molecule has 0 saturated heterocycles. The molecule has 0 radical (unpaired) electrons. The van der Waals surface area contributed by atoms with Crippen LogP contribution in [0.1, 0.15) is 10.5 Å². The molecule has 10 heteroatoms. The van der Waals surface area contributed by atoms with Crippen LogP contribution in [-0.2, 0) is 21.3 Å². The fraction of sp³-hybridized carbons (Fsp3) is 0.158. The van der Waals surface area contributed by atoms with E-state index >= 15 is 0 Å². The Kier molecular flexibility index (Phi) is 6.21. The van der Waals surface area contributed by atoms with Crippen LogP contribution in [0.15, 0.2) is 64.5 Å². The summed E-state index contributed by atoms with van der Waals surface area (Å²) in [5, 5.41) is 7.15. The van der Waals surface area contributed by atoms with Gasteiger partial charge in [0.05, 0.1) is 16.9 Å². The van der Waals surface area contributed by atoms with E-state index < -0.39 is 15.7 Å². The summed E-state index contributed by atoms with van der Waals surface area (Å²) in [6.07, 6.45) is 1.60. The first-order valence-corrected chi connectivity index (χ1v) is 10.2. The van der Waals surface area contributed by atoms with Crippen molar-refractivity contribution in [1.82, 2.24) is 9.78 Å². The standard InChI is InChI=1S/C19H18ClN3O5S/c1-27-12-23-8-7-18(22-23)19(24)21-14-9-15(28-2)11-17(10-14)29(25,26)16-5-3-13(20)4-6-16/h3-11H,12H2,1-2H3,(H,21,24). The molecule has 29 heavy (non-hydrogen) atoms. The highest BCUT2D eigenvalue weighted by Crippen LogP contribution is 2.29. The van der Waals surface area contributed by atoms with Gasteiger partial charge in [-0.05, 0) is 42.5 Å². The van der Waals surface area contributed by atoms with Crippen LogP contribution in [0, 0.1) is 0 Å². The molecule has 0 atom stereocenters. The van der Waals surface area contributed by atoms with Gasteiger partial charge in [-0.1, -0.05) is 11.6 Å². The lowest BCUT2D eigenvalue weighted by Crippen LogP contribution is -2.14. The number of amides is 1. The summed E-state index contributed by atoms with van der Waals surface area (Å²) in [4.78, 5) is 12.5. The number of carbonyl (C=O) groups is 1. The maximum atomic E-state index is 13.0. The number of nitrogens with one attached hydrogen (secondary N) is 1. The number of benzene rings is 2. The smallest absolute Gasteiger partial charge is 0.276 e. The third-order valence-corrected chi connectivity index (χ3v) is 5.94. The SMILES string of the molecule is COCn1ccc(C(=O)Nc2cc(OC)cc(S(=O)(=O)c3ccc(Cl)cc3)c2)n1. The number of carbonyl (C=O) groups excluding carboxylic acids is 1. The summed E-state index contributed by atoms with van der Waals surface area (Å²) in [5.74, 6) is -0.219. The number of aromatic nitrogens is 2. The first-order chi connectivity index (χ1) is 13.8. The van der Waals surface area contributed by atoms with Crippen LogP contribution < -0.4 is 10.1 Å². The Labute approximate surface area is 172 Å². The van der Waals surface area contributed by atoms with E-state index in [1.807, 2.05) is 0 Å². The van der Waals surface area contributed by atoms with Crippen molar-refractivity contribution in [2.45, 2.75) is 16.5 Å². The summed E-state index contributed by atoms with van der Waals surface area (Å²) in [6, 6.07) is 11.6. The van der Waals surface area contributed by atoms with E-state index in [1.54, 1.807) is 6.20 Å². The summed E-state index contributed by atoms with van der Waals surface area (Å²) in [7, 11) is -0.918. The maximum Gasteiger partial charge on any atom is 0.276 e. The zero-order chi connectivity index (χ0) is 21.0. The number of hydrogen-bond donors (Lipinski definition) is 1. The molecule has 3 rings (SSSR count). The van der Waals surface area contributed by atoms with Crippen LogP contribution in [0.25, 0.3) is 0 Å². The Balaban J connectivity index is 1.92. The molecule has 8 nitrogen and oxygen atoms in total. The third kappa shape index (κ3) is 4.76. The minimum Gasteiger partial charge on any atom is -0.497 e. The molecule has 0 aliphatic heterocycles. The second kappa shape index (κ2) is 8.64. The predicted octanol–water partition coefficient (Wildman–Crippen LogP) is 3.23. The fourth-order valence-corrected chi connectivity index (χ4v) is 3.99. The van der Waals surface area contributed by atoms with E-state index in [0.29, 0.717) is 5.02 Å². The number of ether oxygens (including phenoxy) is 2. The molecule has 1 amide bonds. The zero-order valence-corrected chi connectivity index (χ0v) is 17.2. The van der Waals surface area contributed by atoms with E-state index in [4.69, 9.17) is 21.1 Å². The molecule has 1 N–H and O–H groups in total. The molecule has 0 aliphatic carbocycles. The molecular formula is C19H18ClN3O5S. The molecular weight excluding hydrogens is 418 g/mol. The van der Waals surface area contributed by atoms with Crippen LogP contribution in [0.4, 0.5) is 5.69 Å². The highest BCUT2D eigenvalue weighted by atomic mass is 35.5. The topological polar surface area (TPSA) is 99.5 Å². The van der Waals surface area contributed by atoms with Gasteiger partial charge >= 0.3 is 0 Å². The van der Waals surface area contributed by atoms with Gasteiger partial charge in [-0.25, -0.2) is 13.1 Å². The average molecular weight is 436 g/mol. The summed E-state index contributed by atoms with van der Waals surface area (Å²) in [5.41, 5.74) is 0.412. The molecule has 0 aliphatic rings. The van der Waals surface area contributed by atoms with Crippen molar-refractivity contribution in [3.63, 3.8) is 0 Å². The quantitative estimate of drug-likeness (QED) is 0.611. The van der Waals surface area contributed by atoms with Crippen LogP contribution in [0.5, 0.6) is 5.75 Å². The van der Waals surface area contributed by atoms with Crippen LogP contribution >= 0.6 is 11.6 Å². The van der Waals surface area contributed by atoms with Crippen molar-refractivity contribution in [2.75, 3.05) is 19.5 Å². The molecule has 1 aromatic heterocycles. The maximum absolute atomic E-state index is 13.0. The van der Waals surface area contributed by atoms with E-state index in [2.05, 4.69) is 10.4 Å². The van der Waals surface area contributed by atoms with Crippen molar-refractivity contribution >= 4 is 33.0 Å². The minimum absolute atomic E-state index is 0.0283. The van der Waals surface area contributed by atoms with Crippen LogP contribution in [-0.4, -0.2) is 38.3 Å². The van der Waals surface area contributed by atoms with Crippen molar-refractivity contribution in [2.24, 2.45) is 0 Å². The number of halogens is 1. The largest absolute Gasteiger partial charge is 0.497 e. The third-order valence-electron chi connectivity index (χ3n) is 3.94.